The first kappa shape index (κ1) is 16.8. The van der Waals surface area contributed by atoms with Crippen LogP contribution < -0.4 is 5.32 Å². The molecule has 2 aliphatic heterocycles. The highest BCUT2D eigenvalue weighted by Gasteiger charge is 2.29. The van der Waals surface area contributed by atoms with Gasteiger partial charge in [0.1, 0.15) is 0 Å². The largest absolute Gasteiger partial charge is 0.340 e. The highest BCUT2D eigenvalue weighted by molar-refractivity contribution is 6.01. The lowest BCUT2D eigenvalue weighted by Crippen LogP contribution is -2.48. The molecule has 9 nitrogen and oxygen atoms in total. The molecule has 3 heterocycles. The van der Waals surface area contributed by atoms with E-state index in [1.54, 1.807) is 6.92 Å². The van der Waals surface area contributed by atoms with E-state index in [0.29, 0.717) is 31.6 Å². The molecule has 0 aromatic carbocycles. The van der Waals surface area contributed by atoms with Crippen LogP contribution in [-0.2, 0) is 11.3 Å². The van der Waals surface area contributed by atoms with Gasteiger partial charge in [-0.3, -0.25) is 14.6 Å². The maximum absolute atomic E-state index is 11.6. The van der Waals surface area contributed by atoms with E-state index in [0.717, 1.165) is 31.8 Å². The standard InChI is InChI=1S/C15H24N6O3/c1-11-17-13(18-24-11)10-20-5-3-4-12(9-20)19(2)6-7-21-14(22)8-16-15(21)23/h12H,3-10H2,1-2H3,(H,16,23)/t12-/m1/s1. The number of rotatable bonds is 6. The Morgan fingerprint density at radius 3 is 2.92 bits per heavy atom. The Bertz CT molecular complexity index is 588. The lowest BCUT2D eigenvalue weighted by atomic mass is 10.0. The number of nitrogens with one attached hydrogen (secondary N) is 1. The van der Waals surface area contributed by atoms with Crippen LogP contribution in [0.5, 0.6) is 0 Å². The Kier molecular flexibility index (Phi) is 5.10. The van der Waals surface area contributed by atoms with Crippen LogP contribution in [0.1, 0.15) is 24.6 Å². The fraction of sp³-hybridized carbons (Fsp3) is 0.733. The summed E-state index contributed by atoms with van der Waals surface area (Å²) in [5, 5.41) is 6.50. The van der Waals surface area contributed by atoms with Gasteiger partial charge in [0.15, 0.2) is 5.82 Å². The summed E-state index contributed by atoms with van der Waals surface area (Å²) in [6, 6.07) is 0.110. The molecule has 2 aliphatic rings. The molecule has 0 aliphatic carbocycles. The highest BCUT2D eigenvalue weighted by Crippen LogP contribution is 2.16. The number of aromatic nitrogens is 2. The molecular formula is C15H24N6O3. The second kappa shape index (κ2) is 7.27. The minimum absolute atomic E-state index is 0.115. The number of hydrogen-bond acceptors (Lipinski definition) is 7. The van der Waals surface area contributed by atoms with Crippen LogP contribution in [0.3, 0.4) is 0 Å². The molecule has 0 unspecified atom stereocenters. The fourth-order valence-electron chi connectivity index (χ4n) is 3.26. The molecule has 2 fully saturated rings. The number of imide groups is 1. The van der Waals surface area contributed by atoms with Crippen LogP contribution in [0.2, 0.25) is 0 Å². The van der Waals surface area contributed by atoms with Gasteiger partial charge in [0, 0.05) is 32.6 Å². The van der Waals surface area contributed by atoms with Gasteiger partial charge in [0.2, 0.25) is 11.8 Å². The van der Waals surface area contributed by atoms with Gasteiger partial charge in [-0.25, -0.2) is 4.79 Å². The summed E-state index contributed by atoms with van der Waals surface area (Å²) in [7, 11) is 2.05. The Balaban J connectivity index is 1.48. The summed E-state index contributed by atoms with van der Waals surface area (Å²) in [6.07, 6.45) is 2.22. The number of hydrogen-bond donors (Lipinski definition) is 1. The number of nitrogens with zero attached hydrogens (tertiary/aromatic N) is 5. The third kappa shape index (κ3) is 3.90. The van der Waals surface area contributed by atoms with Gasteiger partial charge in [-0.15, -0.1) is 0 Å². The van der Waals surface area contributed by atoms with Gasteiger partial charge in [-0.1, -0.05) is 5.16 Å². The van der Waals surface area contributed by atoms with Crippen molar-refractivity contribution in [2.45, 2.75) is 32.4 Å². The highest BCUT2D eigenvalue weighted by atomic mass is 16.5. The second-order valence-corrected chi connectivity index (χ2v) is 6.45. The van der Waals surface area contributed by atoms with Gasteiger partial charge in [-0.2, -0.15) is 4.98 Å². The fourth-order valence-corrected chi connectivity index (χ4v) is 3.26. The van der Waals surface area contributed by atoms with Crippen LogP contribution >= 0.6 is 0 Å². The average Bonchev–Trinajstić information content (AvgIpc) is 3.11. The van der Waals surface area contributed by atoms with Crippen LogP contribution in [0, 0.1) is 6.92 Å². The molecule has 3 amide bonds. The van der Waals surface area contributed by atoms with Crippen molar-refractivity contribution < 1.29 is 14.1 Å². The summed E-state index contributed by atoms with van der Waals surface area (Å²) in [4.78, 5) is 33.3. The topological polar surface area (TPSA) is 94.8 Å². The molecule has 24 heavy (non-hydrogen) atoms. The van der Waals surface area contributed by atoms with Gasteiger partial charge >= 0.3 is 6.03 Å². The summed E-state index contributed by atoms with van der Waals surface area (Å²) in [5.41, 5.74) is 0. The average molecular weight is 336 g/mol. The summed E-state index contributed by atoms with van der Waals surface area (Å²) >= 11 is 0. The van der Waals surface area contributed by atoms with Gasteiger partial charge < -0.3 is 14.7 Å². The Morgan fingerprint density at radius 1 is 1.42 bits per heavy atom. The normalized spacial score (nSPS) is 22.5. The maximum Gasteiger partial charge on any atom is 0.324 e. The monoisotopic (exact) mass is 336 g/mol. The number of amides is 3. The predicted molar refractivity (Wildman–Crippen MR) is 85.1 cm³/mol. The minimum Gasteiger partial charge on any atom is -0.340 e. The second-order valence-electron chi connectivity index (χ2n) is 6.45. The molecule has 9 heteroatoms. The van der Waals surface area contributed by atoms with Crippen molar-refractivity contribution in [2.75, 3.05) is 39.8 Å². The quantitative estimate of drug-likeness (QED) is 0.720. The summed E-state index contributed by atoms with van der Waals surface area (Å²) in [6.45, 7) is 5.65. The Hall–Kier alpha value is -2.00. The van der Waals surface area contributed by atoms with Crippen molar-refractivity contribution >= 4 is 11.9 Å². The molecular weight excluding hydrogens is 312 g/mol. The molecule has 1 aromatic rings. The number of carbonyl (C=O) groups is 2. The number of carbonyl (C=O) groups excluding carboxylic acids is 2. The molecule has 0 bridgehead atoms. The van der Waals surface area contributed by atoms with Crippen molar-refractivity contribution in [3.63, 3.8) is 0 Å². The minimum atomic E-state index is -0.286. The number of likely N-dealkylation sites (tertiary alicyclic amines) is 1. The van der Waals surface area contributed by atoms with Gasteiger partial charge in [0.05, 0.1) is 13.1 Å². The molecule has 1 aromatic heterocycles. The first-order valence-corrected chi connectivity index (χ1v) is 8.33. The van der Waals surface area contributed by atoms with E-state index < -0.39 is 0 Å². The predicted octanol–water partition coefficient (Wildman–Crippen LogP) is -0.174. The first-order valence-electron chi connectivity index (χ1n) is 8.33. The van der Waals surface area contributed by atoms with Crippen LogP contribution in [-0.4, -0.2) is 82.6 Å². The van der Waals surface area contributed by atoms with Crippen molar-refractivity contribution in [3.8, 4) is 0 Å². The lowest BCUT2D eigenvalue weighted by Gasteiger charge is -2.37. The Labute approximate surface area is 141 Å². The zero-order valence-electron chi connectivity index (χ0n) is 14.2. The third-order valence-electron chi connectivity index (χ3n) is 4.65. The molecule has 2 saturated heterocycles. The molecule has 0 spiro atoms. The van der Waals surface area contributed by atoms with Crippen LogP contribution in [0.15, 0.2) is 4.52 Å². The lowest BCUT2D eigenvalue weighted by molar-refractivity contribution is -0.125. The van der Waals surface area contributed by atoms with E-state index in [1.807, 2.05) is 7.05 Å². The van der Waals surface area contributed by atoms with E-state index in [9.17, 15) is 9.59 Å². The van der Waals surface area contributed by atoms with Gasteiger partial charge in [-0.05, 0) is 26.4 Å². The summed E-state index contributed by atoms with van der Waals surface area (Å²) in [5.74, 6) is 1.16. The van der Waals surface area contributed by atoms with Crippen molar-refractivity contribution in [1.82, 2.24) is 30.2 Å². The molecule has 0 saturated carbocycles. The summed E-state index contributed by atoms with van der Waals surface area (Å²) < 4.78 is 5.02. The molecule has 1 N–H and O–H groups in total. The van der Waals surface area contributed by atoms with Crippen molar-refractivity contribution in [1.29, 1.82) is 0 Å². The van der Waals surface area contributed by atoms with E-state index in [2.05, 4.69) is 25.3 Å². The molecule has 3 rings (SSSR count). The molecule has 132 valence electrons. The van der Waals surface area contributed by atoms with Crippen LogP contribution in [0.4, 0.5) is 4.79 Å². The molecule has 0 radical (unpaired) electrons. The van der Waals surface area contributed by atoms with E-state index in [1.165, 1.54) is 4.90 Å². The van der Waals surface area contributed by atoms with Gasteiger partial charge in [0.25, 0.3) is 0 Å². The van der Waals surface area contributed by atoms with Crippen LogP contribution in [0.25, 0.3) is 0 Å². The number of likely N-dealkylation sites (N-methyl/N-ethyl adjacent to an activating group) is 1. The SMILES string of the molecule is Cc1nc(CN2CCC[C@@H](N(C)CCN3C(=O)CNC3=O)C2)no1. The maximum atomic E-state index is 11.6. The number of aryl methyl sites for hydroxylation is 1. The van der Waals surface area contributed by atoms with E-state index in [-0.39, 0.29) is 18.5 Å². The Morgan fingerprint density at radius 2 is 2.25 bits per heavy atom. The zero-order chi connectivity index (χ0) is 17.1. The van der Waals surface area contributed by atoms with Crippen molar-refractivity contribution in [2.24, 2.45) is 0 Å². The van der Waals surface area contributed by atoms with Crippen molar-refractivity contribution in [3.05, 3.63) is 11.7 Å². The molecule has 1 atom stereocenters. The first-order chi connectivity index (χ1) is 11.5. The van der Waals surface area contributed by atoms with E-state index >= 15 is 0 Å². The van der Waals surface area contributed by atoms with E-state index in [4.69, 9.17) is 4.52 Å². The number of urea groups is 1. The smallest absolute Gasteiger partial charge is 0.324 e. The zero-order valence-corrected chi connectivity index (χ0v) is 14.2. The third-order valence-corrected chi connectivity index (χ3v) is 4.65. The number of piperidine rings is 1.